The van der Waals surface area contributed by atoms with Crippen molar-refractivity contribution in [3.63, 3.8) is 0 Å². The fraction of sp³-hybridized carbons (Fsp3) is 0.111. The molecule has 0 bridgehead atoms. The fourth-order valence-corrected chi connectivity index (χ4v) is 4.86. The molecule has 3 aromatic rings. The first-order valence-corrected chi connectivity index (χ1v) is 13.8. The Morgan fingerprint density at radius 1 is 1.09 bits per heavy atom. The molecule has 0 heterocycles. The average Bonchev–Trinajstić information content (AvgIpc) is 2.71. The van der Waals surface area contributed by atoms with Crippen molar-refractivity contribution in [3.05, 3.63) is 52.6 Å². The number of benzene rings is 3. The zero-order chi connectivity index (χ0) is 25.4. The Labute approximate surface area is 195 Å². The number of nitrogens with zero attached hydrogens (tertiary/aromatic N) is 3. The zero-order valence-corrected chi connectivity index (χ0v) is 19.7. The van der Waals surface area contributed by atoms with Crippen molar-refractivity contribution in [1.82, 2.24) is 0 Å². The molecule has 2 N–H and O–H groups in total. The molecule has 0 aromatic heterocycles. The molecule has 0 saturated carbocycles. The van der Waals surface area contributed by atoms with E-state index in [1.807, 2.05) is 0 Å². The highest BCUT2D eigenvalue weighted by atomic mass is 32.3. The Morgan fingerprint density at radius 3 is 2.29 bits per heavy atom. The van der Waals surface area contributed by atoms with E-state index in [0.29, 0.717) is 6.07 Å². The van der Waals surface area contributed by atoms with Crippen molar-refractivity contribution < 1.29 is 35.0 Å². The van der Waals surface area contributed by atoms with Crippen LogP contribution >= 0.6 is 0 Å². The first kappa shape index (κ1) is 25.1. The lowest BCUT2D eigenvalue weighted by molar-refractivity contribution is -0.385. The summed E-state index contributed by atoms with van der Waals surface area (Å²) in [6, 6.07) is 7.54. The van der Waals surface area contributed by atoms with E-state index in [4.69, 9.17) is 0 Å². The molecule has 0 fully saturated rings. The lowest BCUT2D eigenvalue weighted by atomic mass is 10.1. The van der Waals surface area contributed by atoms with Gasteiger partial charge in [-0.15, -0.1) is 14.1 Å². The maximum Gasteiger partial charge on any atom is 0.334 e. The number of sulfonamides is 1. The van der Waals surface area contributed by atoms with Gasteiger partial charge in [0, 0.05) is 29.2 Å². The monoisotopic (exact) mass is 530 g/mol. The molecule has 0 aliphatic heterocycles. The van der Waals surface area contributed by atoms with E-state index in [9.17, 15) is 40.2 Å². The van der Waals surface area contributed by atoms with Gasteiger partial charge in [0.2, 0.25) is 10.0 Å². The first-order chi connectivity index (χ1) is 15.7. The molecule has 3 rings (SSSR count). The Morgan fingerprint density at radius 2 is 1.74 bits per heavy atom. The molecule has 3 aromatic carbocycles. The molecule has 0 amide bonds. The number of fused-ring (bicyclic) bond motifs is 1. The molecule has 16 heteroatoms. The van der Waals surface area contributed by atoms with Crippen LogP contribution in [0.1, 0.15) is 0 Å². The second kappa shape index (κ2) is 9.03. The van der Waals surface area contributed by atoms with Crippen LogP contribution in [0.4, 0.5) is 26.6 Å². The van der Waals surface area contributed by atoms with Crippen LogP contribution in [0.5, 0.6) is 5.75 Å². The van der Waals surface area contributed by atoms with Crippen LogP contribution in [-0.4, -0.2) is 43.6 Å². The summed E-state index contributed by atoms with van der Waals surface area (Å²) in [5, 5.41) is 29.1. The molecule has 0 saturated heterocycles. The van der Waals surface area contributed by atoms with E-state index in [1.54, 1.807) is 0 Å². The molecule has 0 aliphatic rings. The van der Waals surface area contributed by atoms with Crippen LogP contribution in [0.2, 0.25) is 0 Å². The normalized spacial score (nSPS) is 13.3. The maximum absolute atomic E-state index is 13.8. The molecular formula is C18H15FN4O8S3. The molecule has 34 heavy (non-hydrogen) atoms. The Balaban J connectivity index is 2.33. The Hall–Kier alpha value is -3.50. The number of azo groups is 1. The van der Waals surface area contributed by atoms with Crippen LogP contribution in [-0.2, 0) is 31.0 Å². The second-order valence-corrected chi connectivity index (χ2v) is 11.3. The summed E-state index contributed by atoms with van der Waals surface area (Å²) in [4.78, 5) is 8.81. The SMILES string of the molecule is CS(=O)c1cc(N=Nc2ccc([N+](=O)[O-])cc2S(=O)(=O)F)c2c(NS(C)(=O)=O)cccc2c1O. The van der Waals surface area contributed by atoms with Gasteiger partial charge in [-0.1, -0.05) is 12.1 Å². The first-order valence-electron chi connectivity index (χ1n) is 8.94. The van der Waals surface area contributed by atoms with E-state index in [2.05, 4.69) is 15.0 Å². The number of hydrogen-bond donors (Lipinski definition) is 2. The van der Waals surface area contributed by atoms with Gasteiger partial charge in [-0.25, -0.2) is 8.42 Å². The fourth-order valence-electron chi connectivity index (χ4n) is 3.01. The second-order valence-electron chi connectivity index (χ2n) is 6.85. The Kier molecular flexibility index (Phi) is 6.68. The number of halogens is 1. The highest BCUT2D eigenvalue weighted by Gasteiger charge is 2.23. The highest BCUT2D eigenvalue weighted by Crippen LogP contribution is 2.42. The topological polar surface area (TPSA) is 185 Å². The van der Waals surface area contributed by atoms with Crippen LogP contribution in [0.15, 0.2) is 62.5 Å². The van der Waals surface area contributed by atoms with Gasteiger partial charge >= 0.3 is 10.2 Å². The molecule has 180 valence electrons. The van der Waals surface area contributed by atoms with E-state index >= 15 is 0 Å². The number of non-ortho nitro benzene ring substituents is 1. The van der Waals surface area contributed by atoms with Gasteiger partial charge in [0.05, 0.1) is 38.2 Å². The lowest BCUT2D eigenvalue weighted by Gasteiger charge is -2.13. The van der Waals surface area contributed by atoms with Crippen LogP contribution in [0, 0.1) is 10.1 Å². The van der Waals surface area contributed by atoms with Crippen molar-refractivity contribution in [3.8, 4) is 5.75 Å². The van der Waals surface area contributed by atoms with E-state index in [-0.39, 0.29) is 27.0 Å². The molecule has 0 aliphatic carbocycles. The van der Waals surface area contributed by atoms with E-state index in [0.717, 1.165) is 24.5 Å². The number of phenolic OH excluding ortho intramolecular Hbond substituents is 1. The van der Waals surface area contributed by atoms with Crippen molar-refractivity contribution in [2.75, 3.05) is 17.2 Å². The van der Waals surface area contributed by atoms with Gasteiger partial charge in [-0.2, -0.15) is 8.42 Å². The number of nitrogens with one attached hydrogen (secondary N) is 1. The minimum Gasteiger partial charge on any atom is -0.506 e. The number of nitro benzene ring substituents is 1. The molecule has 1 unspecified atom stereocenters. The third kappa shape index (κ3) is 5.35. The van der Waals surface area contributed by atoms with Crippen LogP contribution in [0.3, 0.4) is 0 Å². The van der Waals surface area contributed by atoms with Crippen molar-refractivity contribution in [2.45, 2.75) is 9.79 Å². The molecule has 0 spiro atoms. The van der Waals surface area contributed by atoms with Crippen LogP contribution in [0.25, 0.3) is 10.8 Å². The molecule has 1 atom stereocenters. The largest absolute Gasteiger partial charge is 0.506 e. The number of anilines is 1. The van der Waals surface area contributed by atoms with Gasteiger partial charge < -0.3 is 5.11 Å². The number of nitro groups is 1. The maximum atomic E-state index is 13.8. The standard InChI is InChI=1S/C18H15FN4O8S3/c1-32(27)15-9-14(17-11(18(15)24)4-3-5-13(17)22-33(2,28)29)21-20-12-7-6-10(23(25)26)8-16(12)34(19,30)31/h3-9,22,24H,1-2H3. The van der Waals surface area contributed by atoms with Crippen molar-refractivity contribution in [2.24, 2.45) is 10.2 Å². The molecule has 12 nitrogen and oxygen atoms in total. The molecular weight excluding hydrogens is 515 g/mol. The van der Waals surface area contributed by atoms with Gasteiger partial charge in [0.15, 0.2) is 0 Å². The molecule has 0 radical (unpaired) electrons. The quantitative estimate of drug-likeness (QED) is 0.200. The van der Waals surface area contributed by atoms with Gasteiger partial charge in [0.1, 0.15) is 16.3 Å². The van der Waals surface area contributed by atoms with Gasteiger partial charge in [-0.3, -0.25) is 19.0 Å². The lowest BCUT2D eigenvalue weighted by Crippen LogP contribution is -2.09. The predicted octanol–water partition coefficient (Wildman–Crippen LogP) is 3.64. The average molecular weight is 531 g/mol. The summed E-state index contributed by atoms with van der Waals surface area (Å²) >= 11 is 0. The van der Waals surface area contributed by atoms with E-state index in [1.165, 1.54) is 24.5 Å². The Bertz CT molecular complexity index is 1610. The minimum absolute atomic E-state index is 0.0231. The minimum atomic E-state index is -5.44. The van der Waals surface area contributed by atoms with Gasteiger partial charge in [0.25, 0.3) is 5.69 Å². The van der Waals surface area contributed by atoms with Crippen molar-refractivity contribution >= 4 is 64.6 Å². The third-order valence-corrected chi connectivity index (χ3v) is 6.74. The van der Waals surface area contributed by atoms with Gasteiger partial charge in [-0.05, 0) is 18.2 Å². The van der Waals surface area contributed by atoms with Crippen molar-refractivity contribution in [1.29, 1.82) is 0 Å². The highest BCUT2D eigenvalue weighted by molar-refractivity contribution is 7.92. The van der Waals surface area contributed by atoms with Crippen LogP contribution < -0.4 is 4.72 Å². The summed E-state index contributed by atoms with van der Waals surface area (Å²) in [7, 11) is -11.0. The summed E-state index contributed by atoms with van der Waals surface area (Å²) in [5.41, 5.74) is -1.46. The number of hydrogen-bond acceptors (Lipinski definition) is 10. The summed E-state index contributed by atoms with van der Waals surface area (Å²) in [6.07, 6.45) is 2.15. The summed E-state index contributed by atoms with van der Waals surface area (Å²) < 4.78 is 74.7. The summed E-state index contributed by atoms with van der Waals surface area (Å²) in [6.45, 7) is 0. The zero-order valence-electron chi connectivity index (χ0n) is 17.3. The smallest absolute Gasteiger partial charge is 0.334 e. The number of phenols is 1. The number of aromatic hydroxyl groups is 1. The predicted molar refractivity (Wildman–Crippen MR) is 122 cm³/mol. The third-order valence-electron chi connectivity index (χ3n) is 4.36. The summed E-state index contributed by atoms with van der Waals surface area (Å²) in [5.74, 6) is -0.408. The van der Waals surface area contributed by atoms with E-state index < -0.39 is 58.0 Å². The number of rotatable bonds is 7.